The number of likely N-dealkylation sites (tertiary alicyclic amines) is 1. The topological polar surface area (TPSA) is 55.2 Å². The first kappa shape index (κ1) is 20.1. The molecule has 2 aromatic rings. The summed E-state index contributed by atoms with van der Waals surface area (Å²) in [5, 5.41) is -0.258. The summed E-state index contributed by atoms with van der Waals surface area (Å²) in [6.45, 7) is 9.25. The van der Waals surface area contributed by atoms with Gasteiger partial charge in [-0.2, -0.15) is 0 Å². The third kappa shape index (κ3) is 4.79. The van der Waals surface area contributed by atoms with Crippen molar-refractivity contribution in [2.75, 3.05) is 13.1 Å². The van der Waals surface area contributed by atoms with Gasteiger partial charge in [0, 0.05) is 19.6 Å². The predicted octanol–water partition coefficient (Wildman–Crippen LogP) is 3.54. The maximum absolute atomic E-state index is 12.8. The van der Waals surface area contributed by atoms with Crippen molar-refractivity contribution >= 4 is 9.84 Å². The van der Waals surface area contributed by atoms with Crippen LogP contribution < -0.4 is 0 Å². The lowest BCUT2D eigenvalue weighted by atomic mass is 10.0. The van der Waals surface area contributed by atoms with Crippen molar-refractivity contribution in [2.45, 2.75) is 63.5 Å². The summed E-state index contributed by atoms with van der Waals surface area (Å²) in [5.41, 5.74) is 2.20. The van der Waals surface area contributed by atoms with Gasteiger partial charge in [-0.05, 0) is 51.1 Å². The largest absolute Gasteiger partial charge is 0.317 e. The Morgan fingerprint density at radius 1 is 1.22 bits per heavy atom. The maximum atomic E-state index is 12.8. The van der Waals surface area contributed by atoms with Gasteiger partial charge in [0.15, 0.2) is 0 Å². The molecule has 3 rings (SSSR count). The number of nitrogens with zero attached hydrogens (tertiary/aromatic N) is 3. The minimum Gasteiger partial charge on any atom is -0.317 e. The second kappa shape index (κ2) is 8.57. The van der Waals surface area contributed by atoms with Crippen LogP contribution in [-0.2, 0) is 29.3 Å². The zero-order valence-corrected chi connectivity index (χ0v) is 17.5. The summed E-state index contributed by atoms with van der Waals surface area (Å²) >= 11 is 0. The molecule has 0 unspecified atom stereocenters. The first-order chi connectivity index (χ1) is 12.9. The second-order valence-electron chi connectivity index (χ2n) is 8.00. The first-order valence-electron chi connectivity index (χ1n) is 9.92. The van der Waals surface area contributed by atoms with E-state index in [1.807, 2.05) is 22.8 Å². The molecule has 27 heavy (non-hydrogen) atoms. The Morgan fingerprint density at radius 2 is 1.96 bits per heavy atom. The molecule has 0 bridgehead atoms. The number of hydrogen-bond donors (Lipinski definition) is 0. The van der Waals surface area contributed by atoms with E-state index < -0.39 is 15.1 Å². The van der Waals surface area contributed by atoms with Gasteiger partial charge in [0.2, 0.25) is 15.0 Å². The van der Waals surface area contributed by atoms with Crippen molar-refractivity contribution in [3.63, 3.8) is 0 Å². The van der Waals surface area contributed by atoms with Gasteiger partial charge in [-0.1, -0.05) is 37.3 Å². The molecule has 1 aliphatic rings. The Labute approximate surface area is 163 Å². The highest BCUT2D eigenvalue weighted by Crippen LogP contribution is 2.22. The number of hydrogen-bond acceptors (Lipinski definition) is 4. The van der Waals surface area contributed by atoms with Crippen molar-refractivity contribution < 1.29 is 8.42 Å². The van der Waals surface area contributed by atoms with Crippen molar-refractivity contribution in [3.05, 3.63) is 47.8 Å². The fourth-order valence-corrected chi connectivity index (χ4v) is 4.88. The minimum atomic E-state index is -3.41. The molecule has 1 saturated heterocycles. The molecule has 1 fully saturated rings. The molecule has 1 aromatic carbocycles. The van der Waals surface area contributed by atoms with Crippen molar-refractivity contribution in [3.8, 4) is 0 Å². The molecule has 0 amide bonds. The molecule has 1 atom stereocenters. The van der Waals surface area contributed by atoms with E-state index in [0.29, 0.717) is 12.5 Å². The Bertz CT molecular complexity index is 844. The fraction of sp³-hybridized carbons (Fsp3) is 0.571. The van der Waals surface area contributed by atoms with Crippen molar-refractivity contribution in [1.29, 1.82) is 0 Å². The Hall–Kier alpha value is -1.66. The van der Waals surface area contributed by atoms with Gasteiger partial charge in [0.25, 0.3) is 0 Å². The zero-order chi connectivity index (χ0) is 19.4. The predicted molar refractivity (Wildman–Crippen MR) is 108 cm³/mol. The number of aromatic nitrogens is 2. The molecule has 148 valence electrons. The number of benzene rings is 1. The molecular weight excluding hydrogens is 358 g/mol. The van der Waals surface area contributed by atoms with E-state index in [1.54, 1.807) is 20.0 Å². The van der Waals surface area contributed by atoms with E-state index in [9.17, 15) is 8.42 Å². The Morgan fingerprint density at radius 3 is 2.63 bits per heavy atom. The molecule has 0 spiro atoms. The van der Waals surface area contributed by atoms with Gasteiger partial charge < -0.3 is 4.57 Å². The third-order valence-corrected chi connectivity index (χ3v) is 7.45. The summed E-state index contributed by atoms with van der Waals surface area (Å²) in [6, 6.07) is 10.2. The number of piperidine rings is 1. The van der Waals surface area contributed by atoms with E-state index in [-0.39, 0.29) is 5.16 Å². The Kier molecular flexibility index (Phi) is 6.37. The summed E-state index contributed by atoms with van der Waals surface area (Å²) in [5.74, 6) is 0.693. The maximum Gasteiger partial charge on any atom is 0.228 e. The van der Waals surface area contributed by atoms with E-state index in [4.69, 9.17) is 0 Å². The van der Waals surface area contributed by atoms with E-state index >= 15 is 0 Å². The molecule has 1 aliphatic heterocycles. The normalized spacial score (nSPS) is 18.9. The molecular formula is C21H31N3O2S. The average Bonchev–Trinajstić information content (AvgIpc) is 3.04. The number of imidazole rings is 1. The molecule has 1 aromatic heterocycles. The SMILES string of the molecule is CC(C)S(=O)(=O)c1ncc(CN2CCC[C@H](C)C2)n1CCc1ccccc1. The van der Waals surface area contributed by atoms with Crippen LogP contribution in [0.15, 0.2) is 41.7 Å². The number of rotatable bonds is 7. The summed E-state index contributed by atoms with van der Waals surface area (Å²) in [4.78, 5) is 6.78. The highest BCUT2D eigenvalue weighted by Gasteiger charge is 2.27. The van der Waals surface area contributed by atoms with Crippen molar-refractivity contribution in [1.82, 2.24) is 14.5 Å². The number of sulfone groups is 1. The Balaban J connectivity index is 1.87. The molecule has 0 radical (unpaired) electrons. The zero-order valence-electron chi connectivity index (χ0n) is 16.6. The quantitative estimate of drug-likeness (QED) is 0.727. The molecule has 0 aliphatic carbocycles. The first-order valence-corrected chi connectivity index (χ1v) is 11.5. The van der Waals surface area contributed by atoms with Crippen LogP contribution in [0.5, 0.6) is 0 Å². The second-order valence-corrected chi connectivity index (χ2v) is 10.4. The van der Waals surface area contributed by atoms with Crippen LogP contribution in [0.3, 0.4) is 0 Å². The third-order valence-electron chi connectivity index (χ3n) is 5.37. The van der Waals surface area contributed by atoms with Gasteiger partial charge in [-0.3, -0.25) is 4.90 Å². The van der Waals surface area contributed by atoms with E-state index in [0.717, 1.165) is 31.7 Å². The summed E-state index contributed by atoms with van der Waals surface area (Å²) in [6.07, 6.45) is 5.04. The van der Waals surface area contributed by atoms with Crippen molar-refractivity contribution in [2.24, 2.45) is 5.92 Å². The average molecular weight is 390 g/mol. The van der Waals surface area contributed by atoms with Crippen LogP contribution in [0, 0.1) is 5.92 Å². The molecule has 0 N–H and O–H groups in total. The molecule has 5 nitrogen and oxygen atoms in total. The summed E-state index contributed by atoms with van der Waals surface area (Å²) < 4.78 is 27.6. The molecule has 0 saturated carbocycles. The van der Waals surface area contributed by atoms with Crippen LogP contribution >= 0.6 is 0 Å². The minimum absolute atomic E-state index is 0.216. The standard InChI is InChI=1S/C21H31N3O2S/c1-17(2)27(25,26)21-22-14-20(16-23-12-7-8-18(3)15-23)24(21)13-11-19-9-5-4-6-10-19/h4-6,9-10,14,17-18H,7-8,11-13,15-16H2,1-3H3/t18-/m0/s1. The highest BCUT2D eigenvalue weighted by molar-refractivity contribution is 7.91. The number of aryl methyl sites for hydroxylation is 1. The van der Waals surface area contributed by atoms with Gasteiger partial charge in [-0.15, -0.1) is 0 Å². The molecule has 2 heterocycles. The van der Waals surface area contributed by atoms with Crippen LogP contribution in [0.2, 0.25) is 0 Å². The van der Waals surface area contributed by atoms with Gasteiger partial charge >= 0.3 is 0 Å². The monoisotopic (exact) mass is 389 g/mol. The van der Waals surface area contributed by atoms with Gasteiger partial charge in [0.05, 0.1) is 17.1 Å². The van der Waals surface area contributed by atoms with Gasteiger partial charge in [0.1, 0.15) is 0 Å². The van der Waals surface area contributed by atoms with Crippen LogP contribution in [-0.4, -0.2) is 41.2 Å². The fourth-order valence-electron chi connectivity index (χ4n) is 3.74. The molecule has 6 heteroatoms. The lowest BCUT2D eigenvalue weighted by molar-refractivity contribution is 0.172. The van der Waals surface area contributed by atoms with Gasteiger partial charge in [-0.25, -0.2) is 13.4 Å². The lowest BCUT2D eigenvalue weighted by Crippen LogP contribution is -2.34. The van der Waals surface area contributed by atoms with Crippen LogP contribution in [0.4, 0.5) is 0 Å². The van der Waals surface area contributed by atoms with E-state index in [2.05, 4.69) is 28.9 Å². The smallest absolute Gasteiger partial charge is 0.228 e. The highest BCUT2D eigenvalue weighted by atomic mass is 32.2. The summed E-state index contributed by atoms with van der Waals surface area (Å²) in [7, 11) is -3.41. The lowest BCUT2D eigenvalue weighted by Gasteiger charge is -2.31. The van der Waals surface area contributed by atoms with Crippen LogP contribution in [0.25, 0.3) is 0 Å². The van der Waals surface area contributed by atoms with E-state index in [1.165, 1.54) is 18.4 Å². The van der Waals surface area contributed by atoms with Crippen LogP contribution in [0.1, 0.15) is 44.9 Å².